The minimum absolute atomic E-state index is 0.211. The van der Waals surface area contributed by atoms with Crippen LogP contribution in [0.25, 0.3) is 0 Å². The molecule has 0 saturated heterocycles. The third kappa shape index (κ3) is 1.62. The van der Waals surface area contributed by atoms with Gasteiger partial charge in [0.2, 0.25) is 0 Å². The van der Waals surface area contributed by atoms with Crippen LogP contribution >= 0.6 is 0 Å². The summed E-state index contributed by atoms with van der Waals surface area (Å²) in [4.78, 5) is 0. The zero-order valence-corrected chi connectivity index (χ0v) is 11.4. The van der Waals surface area contributed by atoms with E-state index in [1.165, 1.54) is 30.4 Å². The first-order valence-corrected chi connectivity index (χ1v) is 6.56. The minimum Gasteiger partial charge on any atom is -0.397 e. The van der Waals surface area contributed by atoms with Crippen molar-refractivity contribution in [3.8, 4) is 0 Å². The van der Waals surface area contributed by atoms with E-state index in [4.69, 9.17) is 11.5 Å². The summed E-state index contributed by atoms with van der Waals surface area (Å²) in [5.74, 6) is 0. The molecule has 1 aliphatic carbocycles. The lowest BCUT2D eigenvalue weighted by Crippen LogP contribution is -2.24. The van der Waals surface area contributed by atoms with Crippen LogP contribution in [0.5, 0.6) is 0 Å². The van der Waals surface area contributed by atoms with Crippen LogP contribution in [0.15, 0.2) is 12.1 Å². The summed E-state index contributed by atoms with van der Waals surface area (Å²) in [6, 6.07) is 4.21. The van der Waals surface area contributed by atoms with Crippen molar-refractivity contribution in [2.24, 2.45) is 0 Å². The van der Waals surface area contributed by atoms with E-state index in [9.17, 15) is 0 Å². The lowest BCUT2D eigenvalue weighted by molar-refractivity contribution is 0.329. The van der Waals surface area contributed by atoms with Gasteiger partial charge in [0, 0.05) is 0 Å². The molecular weight excluding hydrogens is 208 g/mol. The van der Waals surface area contributed by atoms with Crippen molar-refractivity contribution in [1.29, 1.82) is 0 Å². The van der Waals surface area contributed by atoms with Gasteiger partial charge >= 0.3 is 0 Å². The molecule has 0 amide bonds. The Morgan fingerprint density at radius 3 is 1.94 bits per heavy atom. The minimum atomic E-state index is 0.211. The van der Waals surface area contributed by atoms with E-state index in [0.29, 0.717) is 5.41 Å². The van der Waals surface area contributed by atoms with Crippen molar-refractivity contribution in [2.75, 3.05) is 11.5 Å². The highest BCUT2D eigenvalue weighted by Crippen LogP contribution is 2.54. The molecule has 2 heteroatoms. The summed E-state index contributed by atoms with van der Waals surface area (Å²) < 4.78 is 0. The molecule has 2 rings (SSSR count). The Kier molecular flexibility index (Phi) is 2.64. The van der Waals surface area contributed by atoms with Crippen LogP contribution < -0.4 is 11.5 Å². The molecule has 1 aliphatic rings. The van der Waals surface area contributed by atoms with Gasteiger partial charge in [0.1, 0.15) is 0 Å². The highest BCUT2D eigenvalue weighted by molar-refractivity contribution is 5.69. The van der Waals surface area contributed by atoms with E-state index < -0.39 is 0 Å². The second-order valence-electron chi connectivity index (χ2n) is 6.07. The molecule has 1 aromatic carbocycles. The van der Waals surface area contributed by atoms with Crippen LogP contribution in [-0.2, 0) is 10.8 Å². The van der Waals surface area contributed by atoms with E-state index in [0.717, 1.165) is 11.4 Å². The fourth-order valence-corrected chi connectivity index (χ4v) is 3.55. The quantitative estimate of drug-likeness (QED) is 0.766. The zero-order chi connectivity index (χ0) is 12.8. The first-order valence-electron chi connectivity index (χ1n) is 6.56. The van der Waals surface area contributed by atoms with Crippen LogP contribution in [-0.4, -0.2) is 0 Å². The first kappa shape index (κ1) is 12.3. The maximum absolute atomic E-state index is 5.99. The highest BCUT2D eigenvalue weighted by Gasteiger charge is 2.45. The topological polar surface area (TPSA) is 52.0 Å². The monoisotopic (exact) mass is 232 g/mol. The molecule has 4 N–H and O–H groups in total. The molecule has 0 spiro atoms. The second kappa shape index (κ2) is 3.66. The van der Waals surface area contributed by atoms with Crippen molar-refractivity contribution in [2.45, 2.75) is 57.8 Å². The fraction of sp³-hybridized carbons (Fsp3) is 0.600. The Morgan fingerprint density at radius 2 is 1.47 bits per heavy atom. The van der Waals surface area contributed by atoms with Gasteiger partial charge < -0.3 is 11.5 Å². The Labute approximate surface area is 104 Å². The lowest BCUT2D eigenvalue weighted by atomic mass is 9.75. The van der Waals surface area contributed by atoms with Crippen molar-refractivity contribution in [1.82, 2.24) is 0 Å². The molecule has 0 aromatic heterocycles. The molecule has 0 heterocycles. The van der Waals surface area contributed by atoms with Gasteiger partial charge in [0.15, 0.2) is 0 Å². The van der Waals surface area contributed by atoms with E-state index in [2.05, 4.69) is 39.8 Å². The highest BCUT2D eigenvalue weighted by atomic mass is 14.7. The van der Waals surface area contributed by atoms with Crippen LogP contribution in [0.4, 0.5) is 11.4 Å². The summed E-state index contributed by atoms with van der Waals surface area (Å²) in [7, 11) is 0. The van der Waals surface area contributed by atoms with Gasteiger partial charge in [-0.2, -0.15) is 0 Å². The molecule has 0 radical (unpaired) electrons. The lowest BCUT2D eigenvalue weighted by Gasteiger charge is -2.29. The summed E-state index contributed by atoms with van der Waals surface area (Å²) >= 11 is 0. The summed E-state index contributed by atoms with van der Waals surface area (Å²) in [5.41, 5.74) is 16.7. The van der Waals surface area contributed by atoms with Crippen molar-refractivity contribution >= 4 is 11.4 Å². The van der Waals surface area contributed by atoms with Gasteiger partial charge in [-0.15, -0.1) is 0 Å². The van der Waals surface area contributed by atoms with Gasteiger partial charge in [-0.3, -0.25) is 0 Å². The largest absolute Gasteiger partial charge is 0.397 e. The predicted molar refractivity (Wildman–Crippen MR) is 75.2 cm³/mol. The molecule has 1 aromatic rings. The van der Waals surface area contributed by atoms with Gasteiger partial charge in [-0.05, 0) is 53.4 Å². The van der Waals surface area contributed by atoms with Crippen molar-refractivity contribution in [3.63, 3.8) is 0 Å². The van der Waals surface area contributed by atoms with Gasteiger partial charge in [0.25, 0.3) is 0 Å². The summed E-state index contributed by atoms with van der Waals surface area (Å²) in [5, 5.41) is 0. The SMILES string of the molecule is CCC1(CC)CC(C)(C)c2cc(N)c(N)cc21. The number of anilines is 2. The van der Waals surface area contributed by atoms with Crippen LogP contribution in [0.1, 0.15) is 58.1 Å². The number of benzene rings is 1. The number of fused-ring (bicyclic) bond motifs is 1. The number of nitrogens with two attached hydrogens (primary N) is 2. The molecule has 0 saturated carbocycles. The second-order valence-corrected chi connectivity index (χ2v) is 6.07. The van der Waals surface area contributed by atoms with Crippen LogP contribution in [0, 0.1) is 0 Å². The molecule has 0 fully saturated rings. The summed E-state index contributed by atoms with van der Waals surface area (Å²) in [6.07, 6.45) is 3.54. The smallest absolute Gasteiger partial charge is 0.0550 e. The molecule has 0 aliphatic heterocycles. The molecule has 17 heavy (non-hydrogen) atoms. The maximum Gasteiger partial charge on any atom is 0.0550 e. The van der Waals surface area contributed by atoms with Gasteiger partial charge in [0.05, 0.1) is 11.4 Å². The summed E-state index contributed by atoms with van der Waals surface area (Å²) in [6.45, 7) is 9.19. The molecule has 0 unspecified atom stereocenters. The van der Waals surface area contributed by atoms with Gasteiger partial charge in [-0.1, -0.05) is 27.7 Å². The molecule has 0 bridgehead atoms. The Morgan fingerprint density at radius 1 is 1.00 bits per heavy atom. The Balaban J connectivity index is 2.69. The van der Waals surface area contributed by atoms with E-state index in [1.807, 2.05) is 0 Å². The molecule has 0 atom stereocenters. The third-order valence-electron chi connectivity index (χ3n) is 4.66. The number of hydrogen-bond donors (Lipinski definition) is 2. The normalized spacial score (nSPS) is 20.2. The fourth-order valence-electron chi connectivity index (χ4n) is 3.55. The number of hydrogen-bond acceptors (Lipinski definition) is 2. The zero-order valence-electron chi connectivity index (χ0n) is 11.4. The standard InChI is InChI=1S/C15H24N2/c1-5-15(6-2)9-14(3,4)10-7-12(16)13(17)8-11(10)15/h7-8H,5-6,9,16-17H2,1-4H3. The van der Waals surface area contributed by atoms with E-state index in [-0.39, 0.29) is 5.41 Å². The molecule has 2 nitrogen and oxygen atoms in total. The van der Waals surface area contributed by atoms with E-state index in [1.54, 1.807) is 0 Å². The van der Waals surface area contributed by atoms with E-state index >= 15 is 0 Å². The van der Waals surface area contributed by atoms with Crippen LogP contribution in [0.2, 0.25) is 0 Å². The van der Waals surface area contributed by atoms with Gasteiger partial charge in [-0.25, -0.2) is 0 Å². The maximum atomic E-state index is 5.99. The van der Waals surface area contributed by atoms with Crippen LogP contribution in [0.3, 0.4) is 0 Å². The average molecular weight is 232 g/mol. The van der Waals surface area contributed by atoms with Crippen molar-refractivity contribution < 1.29 is 0 Å². The Hall–Kier alpha value is -1.18. The third-order valence-corrected chi connectivity index (χ3v) is 4.66. The van der Waals surface area contributed by atoms with Crippen molar-refractivity contribution in [3.05, 3.63) is 23.3 Å². The first-order chi connectivity index (χ1) is 7.86. The molecular formula is C15H24N2. The predicted octanol–water partition coefficient (Wildman–Crippen LogP) is 3.59. The number of nitrogen functional groups attached to an aromatic ring is 2. The molecule has 94 valence electrons. The Bertz CT molecular complexity index is 442. The average Bonchev–Trinajstić information content (AvgIpc) is 2.49. The number of rotatable bonds is 2.